The molecular weight excluding hydrogens is 630 g/mol. The minimum atomic E-state index is -0.337. The van der Waals surface area contributed by atoms with E-state index in [-0.39, 0.29) is 87.7 Å². The van der Waals surface area contributed by atoms with Gasteiger partial charge in [-0.2, -0.15) is 0 Å². The van der Waals surface area contributed by atoms with Crippen molar-refractivity contribution in [2.24, 2.45) is 14.1 Å². The van der Waals surface area contributed by atoms with Gasteiger partial charge in [-0.1, -0.05) is 55.2 Å². The number of benzene rings is 7. The van der Waals surface area contributed by atoms with Gasteiger partial charge in [0, 0.05) is 101 Å². The zero-order chi connectivity index (χ0) is 24.4. The molecule has 8 heteroatoms. The molecule has 0 saturated carbocycles. The van der Waals surface area contributed by atoms with Gasteiger partial charge in [0.2, 0.25) is 0 Å². The second-order valence-corrected chi connectivity index (χ2v) is 9.89. The van der Waals surface area contributed by atoms with Gasteiger partial charge in [0.1, 0.15) is 0 Å². The predicted octanol–water partition coefficient (Wildman–Crippen LogP) is 3.81. The van der Waals surface area contributed by atoms with Crippen molar-refractivity contribution >= 4 is 86.2 Å². The van der Waals surface area contributed by atoms with E-state index >= 15 is 0 Å². The molecule has 2 heterocycles. The summed E-state index contributed by atoms with van der Waals surface area (Å²) in [6, 6.07) is 17.7. The van der Waals surface area contributed by atoms with Crippen molar-refractivity contribution in [3.63, 3.8) is 0 Å². The van der Waals surface area contributed by atoms with Crippen molar-refractivity contribution in [3.8, 4) is 0 Å². The van der Waals surface area contributed by atoms with E-state index in [1.165, 1.54) is 14.1 Å². The van der Waals surface area contributed by atoms with Gasteiger partial charge in [-0.3, -0.25) is 28.3 Å². The molecule has 9 rings (SSSR count). The minimum Gasteiger partial charge on any atom is -0.278 e. The summed E-state index contributed by atoms with van der Waals surface area (Å²) in [4.78, 5) is 52.9. The van der Waals surface area contributed by atoms with Gasteiger partial charge in [0.25, 0.3) is 22.2 Å². The maximum Gasteiger partial charge on any atom is 0.260 e. The van der Waals surface area contributed by atoms with Crippen LogP contribution in [0.15, 0.2) is 55.6 Å². The maximum atomic E-state index is 13.2. The van der Waals surface area contributed by atoms with Crippen LogP contribution in [0.25, 0.3) is 86.2 Å². The normalized spacial score (nSPS) is 12.5. The molecule has 0 saturated heterocycles. The van der Waals surface area contributed by atoms with E-state index in [0.29, 0.717) is 32.3 Å². The molecule has 6 nitrogen and oxygen atoms in total. The first-order chi connectivity index (χ1) is 17.4. The minimum absolute atomic E-state index is 0. The van der Waals surface area contributed by atoms with Crippen molar-refractivity contribution in [3.05, 3.63) is 89.9 Å². The van der Waals surface area contributed by atoms with Crippen LogP contribution in [0.4, 0.5) is 0 Å². The summed E-state index contributed by atoms with van der Waals surface area (Å²) in [5, 5.41) is 11.7. The fourth-order valence-corrected chi connectivity index (χ4v) is 6.72. The van der Waals surface area contributed by atoms with E-state index < -0.39 is 0 Å². The van der Waals surface area contributed by atoms with Gasteiger partial charge in [-0.05, 0) is 10.8 Å². The molecule has 0 amide bonds. The van der Waals surface area contributed by atoms with E-state index in [1.54, 1.807) is 0 Å². The van der Waals surface area contributed by atoms with Crippen molar-refractivity contribution in [2.45, 2.75) is 0 Å². The summed E-state index contributed by atoms with van der Waals surface area (Å²) >= 11 is 0. The maximum absolute atomic E-state index is 13.2. The number of nitrogens with zero attached hydrogens (tertiary/aromatic N) is 2. The van der Waals surface area contributed by atoms with Gasteiger partial charge in [-0.15, -0.1) is 47.2 Å². The average molecular weight is 642 g/mol. The van der Waals surface area contributed by atoms with Crippen LogP contribution < -0.4 is 22.2 Å². The third kappa shape index (κ3) is 2.45. The quantitative estimate of drug-likeness (QED) is 0.143. The molecule has 174 valence electrons. The Balaban J connectivity index is 0.00000121. The van der Waals surface area contributed by atoms with Gasteiger partial charge in [0.05, 0.1) is 0 Å². The molecule has 7 aromatic carbocycles. The smallest absolute Gasteiger partial charge is 0.260 e. The largest absolute Gasteiger partial charge is 0.278 e. The summed E-state index contributed by atoms with van der Waals surface area (Å²) in [5.41, 5.74) is -1.34. The molecule has 2 radical (unpaired) electrons. The van der Waals surface area contributed by atoms with Crippen LogP contribution in [0.5, 0.6) is 0 Å². The molecule has 0 aliphatic heterocycles. The first kappa shape index (κ1) is 24.4. The number of pyridine rings is 2. The predicted molar refractivity (Wildman–Crippen MR) is 143 cm³/mol. The summed E-state index contributed by atoms with van der Waals surface area (Å²) in [6.45, 7) is 0. The second-order valence-electron chi connectivity index (χ2n) is 9.89. The Kier molecular flexibility index (Phi) is 4.83. The van der Waals surface area contributed by atoms with Crippen LogP contribution in [0.1, 0.15) is 0 Å². The zero-order valence-corrected chi connectivity index (χ0v) is 25.8. The van der Waals surface area contributed by atoms with Crippen molar-refractivity contribution in [1.29, 1.82) is 0 Å². The third-order valence-electron chi connectivity index (χ3n) is 8.28. The Bertz CT molecular complexity index is 2330. The van der Waals surface area contributed by atoms with Crippen LogP contribution in [0.3, 0.4) is 0 Å². The van der Waals surface area contributed by atoms with Crippen molar-refractivity contribution < 1.29 is 65.4 Å². The fraction of sp³-hybridized carbons (Fsp3) is 0.0667. The molecule has 2 aromatic heterocycles. The van der Waals surface area contributed by atoms with E-state index in [9.17, 15) is 19.2 Å². The molecule has 0 aliphatic rings. The molecule has 0 fully saturated rings. The Labute approximate surface area is 262 Å². The van der Waals surface area contributed by atoms with Gasteiger partial charge in [-0.25, -0.2) is 0 Å². The number of rotatable bonds is 0. The molecular formula is C30H12N2O4Y2-2. The number of hydrogen-bond acceptors (Lipinski definition) is 4. The fourth-order valence-electron chi connectivity index (χ4n) is 6.72. The Morgan fingerprint density at radius 2 is 0.816 bits per heavy atom. The SMILES string of the molecule is Cn1c(=O)c2cc3[c-]cc4cc5c(=O)n(C)c(=O)c6cc7[c-]cc8cc(c1=O)c2c1c3c4c(c65)c7c81.[Y].[Y]. The Morgan fingerprint density at radius 3 is 1.18 bits per heavy atom. The van der Waals surface area contributed by atoms with E-state index in [1.807, 2.05) is 36.4 Å². The molecule has 0 N–H and O–H groups in total. The summed E-state index contributed by atoms with van der Waals surface area (Å²) in [5.74, 6) is 0. The van der Waals surface area contributed by atoms with Crippen LogP contribution >= 0.6 is 0 Å². The molecule has 0 bridgehead atoms. The standard InChI is InChI=1S/C30H12N2O4.2Y/c1-31-27(33)15-7-11-3-5-13-9-17-24-18(30(36)32(2)29(17)35)10-14-6-4-12-8-16(28(31)34)23(15)25-19(11)21(13)26(24)22(14)20(12)25;;/h3,6-10H,1-2H3;;/q-2;;. The van der Waals surface area contributed by atoms with Crippen LogP contribution in [0.2, 0.25) is 0 Å². The molecule has 9 aromatic rings. The molecule has 0 aliphatic carbocycles. The zero-order valence-electron chi connectivity index (χ0n) is 20.1. The first-order valence-electron chi connectivity index (χ1n) is 11.6. The number of hydrogen-bond donors (Lipinski definition) is 0. The molecule has 38 heavy (non-hydrogen) atoms. The van der Waals surface area contributed by atoms with E-state index in [2.05, 4.69) is 12.1 Å². The van der Waals surface area contributed by atoms with Crippen molar-refractivity contribution in [1.82, 2.24) is 9.13 Å². The summed E-state index contributed by atoms with van der Waals surface area (Å²) in [6.07, 6.45) is 0. The van der Waals surface area contributed by atoms with Crippen LogP contribution in [-0.2, 0) is 79.5 Å². The van der Waals surface area contributed by atoms with Crippen molar-refractivity contribution in [2.75, 3.05) is 0 Å². The van der Waals surface area contributed by atoms with Gasteiger partial charge >= 0.3 is 0 Å². The second kappa shape index (κ2) is 7.51. The molecule has 0 spiro atoms. The topological polar surface area (TPSA) is 78.1 Å². The molecule has 0 atom stereocenters. The van der Waals surface area contributed by atoms with Crippen LogP contribution in [-0.4, -0.2) is 9.13 Å². The monoisotopic (exact) mass is 642 g/mol. The van der Waals surface area contributed by atoms with E-state index in [4.69, 9.17) is 0 Å². The van der Waals surface area contributed by atoms with Gasteiger partial charge in [0.15, 0.2) is 0 Å². The Morgan fingerprint density at radius 1 is 0.474 bits per heavy atom. The third-order valence-corrected chi connectivity index (χ3v) is 8.28. The summed E-state index contributed by atoms with van der Waals surface area (Å²) < 4.78 is 2.32. The summed E-state index contributed by atoms with van der Waals surface area (Å²) in [7, 11) is 3.01. The number of aromatic nitrogens is 2. The molecule has 0 unspecified atom stereocenters. The van der Waals surface area contributed by atoms with Gasteiger partial charge < -0.3 is 0 Å². The average Bonchev–Trinajstić information content (AvgIpc) is 2.90. The Hall–Kier alpha value is -2.63. The van der Waals surface area contributed by atoms with E-state index in [0.717, 1.165) is 63.0 Å². The van der Waals surface area contributed by atoms with Crippen LogP contribution in [0, 0.1) is 12.1 Å². The first-order valence-corrected chi connectivity index (χ1v) is 11.6.